The molecule has 2 aromatic carbocycles. The summed E-state index contributed by atoms with van der Waals surface area (Å²) < 4.78 is 25.1. The van der Waals surface area contributed by atoms with Crippen LogP contribution in [0, 0.1) is 12.7 Å². The van der Waals surface area contributed by atoms with E-state index < -0.39 is 5.82 Å². The molecular formula is C22H23FN4O2. The van der Waals surface area contributed by atoms with Gasteiger partial charge in [-0.1, -0.05) is 18.2 Å². The Bertz CT molecular complexity index is 990. The quantitative estimate of drug-likeness (QED) is 0.651. The maximum atomic E-state index is 14.0. The van der Waals surface area contributed by atoms with Gasteiger partial charge in [0.15, 0.2) is 11.6 Å². The summed E-state index contributed by atoms with van der Waals surface area (Å²) in [5.41, 5.74) is 2.01. The third-order valence-corrected chi connectivity index (χ3v) is 4.96. The molecule has 1 saturated heterocycles. The Morgan fingerprint density at radius 3 is 2.45 bits per heavy atom. The Labute approximate surface area is 169 Å². The highest BCUT2D eigenvalue weighted by Gasteiger charge is 2.21. The normalized spacial score (nSPS) is 14.0. The predicted octanol–water partition coefficient (Wildman–Crippen LogP) is 4.05. The molecule has 0 N–H and O–H groups in total. The lowest BCUT2D eigenvalue weighted by atomic mass is 10.2. The van der Waals surface area contributed by atoms with Gasteiger partial charge in [-0.3, -0.25) is 0 Å². The fourth-order valence-corrected chi connectivity index (χ4v) is 3.43. The van der Waals surface area contributed by atoms with E-state index in [4.69, 9.17) is 9.47 Å². The van der Waals surface area contributed by atoms with Gasteiger partial charge in [-0.2, -0.15) is 0 Å². The molecule has 6 nitrogen and oxygen atoms in total. The molecule has 1 aliphatic rings. The minimum absolute atomic E-state index is 0.163. The van der Waals surface area contributed by atoms with E-state index in [1.54, 1.807) is 25.3 Å². The van der Waals surface area contributed by atoms with Crippen molar-refractivity contribution >= 4 is 11.5 Å². The van der Waals surface area contributed by atoms with E-state index in [9.17, 15) is 4.39 Å². The van der Waals surface area contributed by atoms with Crippen LogP contribution in [0.5, 0.6) is 17.4 Å². The average Bonchev–Trinajstić information content (AvgIpc) is 2.76. The molecule has 0 spiro atoms. The molecule has 0 saturated carbocycles. The van der Waals surface area contributed by atoms with E-state index in [0.717, 1.165) is 49.0 Å². The van der Waals surface area contributed by atoms with Crippen LogP contribution in [-0.2, 0) is 0 Å². The first-order chi connectivity index (χ1) is 14.1. The van der Waals surface area contributed by atoms with Gasteiger partial charge in [-0.25, -0.2) is 14.4 Å². The van der Waals surface area contributed by atoms with Crippen LogP contribution in [0.1, 0.15) is 5.56 Å². The van der Waals surface area contributed by atoms with Crippen molar-refractivity contribution in [1.29, 1.82) is 0 Å². The smallest absolute Gasteiger partial charge is 0.224 e. The van der Waals surface area contributed by atoms with Crippen LogP contribution < -0.4 is 19.3 Å². The lowest BCUT2D eigenvalue weighted by Gasteiger charge is -2.37. The van der Waals surface area contributed by atoms with Gasteiger partial charge in [-0.05, 0) is 36.8 Å². The number of piperazine rings is 1. The second-order valence-electron chi connectivity index (χ2n) is 6.90. The van der Waals surface area contributed by atoms with Crippen molar-refractivity contribution < 1.29 is 13.9 Å². The summed E-state index contributed by atoms with van der Waals surface area (Å²) in [6.07, 6.45) is 1.45. The van der Waals surface area contributed by atoms with Crippen LogP contribution in [0.15, 0.2) is 54.9 Å². The molecule has 29 heavy (non-hydrogen) atoms. The van der Waals surface area contributed by atoms with Gasteiger partial charge in [-0.15, -0.1) is 0 Å². The van der Waals surface area contributed by atoms with Gasteiger partial charge in [0.2, 0.25) is 5.88 Å². The van der Waals surface area contributed by atoms with Crippen LogP contribution in [-0.4, -0.2) is 43.3 Å². The number of halogens is 1. The summed E-state index contributed by atoms with van der Waals surface area (Å²) >= 11 is 0. The molecule has 0 radical (unpaired) electrons. The average molecular weight is 394 g/mol. The van der Waals surface area contributed by atoms with E-state index in [1.807, 2.05) is 25.1 Å². The first-order valence-electron chi connectivity index (χ1n) is 9.53. The van der Waals surface area contributed by atoms with Gasteiger partial charge in [0, 0.05) is 32.2 Å². The zero-order valence-electron chi connectivity index (χ0n) is 16.5. The number of ether oxygens (including phenoxy) is 2. The molecule has 7 heteroatoms. The number of anilines is 2. The van der Waals surface area contributed by atoms with Gasteiger partial charge in [0.1, 0.15) is 17.9 Å². The van der Waals surface area contributed by atoms with Gasteiger partial charge >= 0.3 is 0 Å². The minimum Gasteiger partial charge on any atom is -0.495 e. The summed E-state index contributed by atoms with van der Waals surface area (Å²) in [5, 5.41) is 0. The minimum atomic E-state index is -0.416. The van der Waals surface area contributed by atoms with Crippen molar-refractivity contribution in [2.75, 3.05) is 43.1 Å². The van der Waals surface area contributed by atoms with E-state index in [1.165, 1.54) is 12.4 Å². The van der Waals surface area contributed by atoms with Crippen LogP contribution >= 0.6 is 0 Å². The van der Waals surface area contributed by atoms with Crippen LogP contribution in [0.4, 0.5) is 15.9 Å². The fraction of sp³-hybridized carbons (Fsp3) is 0.273. The van der Waals surface area contributed by atoms with Crippen LogP contribution in [0.3, 0.4) is 0 Å². The van der Waals surface area contributed by atoms with Crippen molar-refractivity contribution in [1.82, 2.24) is 9.97 Å². The van der Waals surface area contributed by atoms with Gasteiger partial charge < -0.3 is 19.3 Å². The van der Waals surface area contributed by atoms with Crippen molar-refractivity contribution in [2.45, 2.75) is 6.92 Å². The predicted molar refractivity (Wildman–Crippen MR) is 111 cm³/mol. The van der Waals surface area contributed by atoms with Crippen molar-refractivity contribution in [3.63, 3.8) is 0 Å². The van der Waals surface area contributed by atoms with Crippen LogP contribution in [0.25, 0.3) is 0 Å². The van der Waals surface area contributed by atoms with Crippen LogP contribution in [0.2, 0.25) is 0 Å². The molecule has 0 atom stereocenters. The molecule has 150 valence electrons. The van der Waals surface area contributed by atoms with E-state index in [2.05, 4.69) is 25.8 Å². The second-order valence-corrected chi connectivity index (χ2v) is 6.90. The number of rotatable bonds is 5. The van der Waals surface area contributed by atoms with E-state index in [-0.39, 0.29) is 5.75 Å². The Morgan fingerprint density at radius 2 is 1.66 bits per heavy atom. The number of nitrogens with zero attached hydrogens (tertiary/aromatic N) is 4. The van der Waals surface area contributed by atoms with Crippen molar-refractivity contribution in [3.05, 3.63) is 66.2 Å². The Hall–Kier alpha value is -3.35. The lowest BCUT2D eigenvalue weighted by Crippen LogP contribution is -2.47. The SMILES string of the molecule is COc1ccccc1N1CCN(c2cc(Oc3cc(C)ccc3F)ncn2)CC1. The monoisotopic (exact) mass is 394 g/mol. The number of aryl methyl sites for hydroxylation is 1. The molecule has 3 aromatic rings. The highest BCUT2D eigenvalue weighted by atomic mass is 19.1. The standard InChI is InChI=1S/C22H23FN4O2/c1-16-7-8-17(23)20(13-16)29-22-14-21(24-15-25-22)27-11-9-26(10-12-27)18-5-3-4-6-19(18)28-2/h3-8,13-15H,9-12H2,1-2H3. The van der Waals surface area contributed by atoms with Gasteiger partial charge in [0.25, 0.3) is 0 Å². The summed E-state index contributed by atoms with van der Waals surface area (Å²) in [7, 11) is 1.69. The summed E-state index contributed by atoms with van der Waals surface area (Å²) in [6.45, 7) is 5.17. The van der Waals surface area contributed by atoms with E-state index >= 15 is 0 Å². The molecule has 0 amide bonds. The molecular weight excluding hydrogens is 371 g/mol. The first-order valence-corrected chi connectivity index (χ1v) is 9.53. The van der Waals surface area contributed by atoms with Crippen molar-refractivity contribution in [3.8, 4) is 17.4 Å². The summed E-state index contributed by atoms with van der Waals surface area (Å²) in [5.74, 6) is 1.71. The number of hydrogen-bond acceptors (Lipinski definition) is 6. The number of hydrogen-bond donors (Lipinski definition) is 0. The van der Waals surface area contributed by atoms with Crippen molar-refractivity contribution in [2.24, 2.45) is 0 Å². The summed E-state index contributed by atoms with van der Waals surface area (Å²) in [6, 6.07) is 14.5. The van der Waals surface area contributed by atoms with Gasteiger partial charge in [0.05, 0.1) is 12.8 Å². The number of benzene rings is 2. The molecule has 1 aliphatic heterocycles. The second kappa shape index (κ2) is 8.34. The topological polar surface area (TPSA) is 50.7 Å². The maximum absolute atomic E-state index is 14.0. The molecule has 0 aliphatic carbocycles. The Balaban J connectivity index is 1.45. The third kappa shape index (κ3) is 4.23. The zero-order chi connectivity index (χ0) is 20.2. The number of methoxy groups -OCH3 is 1. The molecule has 0 bridgehead atoms. The maximum Gasteiger partial charge on any atom is 0.224 e. The third-order valence-electron chi connectivity index (χ3n) is 4.96. The zero-order valence-corrected chi connectivity index (χ0v) is 16.5. The molecule has 2 heterocycles. The Morgan fingerprint density at radius 1 is 0.897 bits per heavy atom. The molecule has 0 unspecified atom stereocenters. The first kappa shape index (κ1) is 19.0. The van der Waals surface area contributed by atoms with E-state index in [0.29, 0.717) is 5.88 Å². The Kier molecular flexibility index (Phi) is 5.46. The highest BCUT2D eigenvalue weighted by molar-refractivity contribution is 5.59. The molecule has 1 fully saturated rings. The largest absolute Gasteiger partial charge is 0.495 e. The molecule has 4 rings (SSSR count). The lowest BCUT2D eigenvalue weighted by molar-refractivity contribution is 0.413. The summed E-state index contributed by atoms with van der Waals surface area (Å²) in [4.78, 5) is 13.0. The number of aromatic nitrogens is 2. The fourth-order valence-electron chi connectivity index (χ4n) is 3.43. The molecule has 1 aromatic heterocycles. The number of para-hydroxylation sites is 2. The highest BCUT2D eigenvalue weighted by Crippen LogP contribution is 2.30.